The molecular weight excluding hydrogens is 465 g/mol. The minimum Gasteiger partial charge on any atom is -0.506 e. The van der Waals surface area contributed by atoms with Crippen LogP contribution in [-0.4, -0.2) is 36.3 Å². The van der Waals surface area contributed by atoms with Crippen LogP contribution in [-0.2, 0) is 49.8 Å². The Morgan fingerprint density at radius 1 is 1.18 bits per heavy atom. The average Bonchev–Trinajstić information content (AvgIpc) is 2.97. The maximum Gasteiger partial charge on any atom is 0.270 e. The predicted molar refractivity (Wildman–Crippen MR) is 104 cm³/mol. The molecule has 1 N–H and O–H groups in total. The second kappa shape index (κ2) is 10.5. The number of rotatable bonds is 3. The number of aryl methyl sites for hydroxylation is 2. The van der Waals surface area contributed by atoms with E-state index in [1.165, 1.54) is 19.3 Å². The SMILES string of the molecule is CC.Cc1ccccc1C1=C(O)c2cnn(C)c2N(CC(F)F)S1(=O)=O.[CH3-].[Y]. The molecule has 0 saturated carbocycles. The van der Waals surface area contributed by atoms with E-state index in [0.29, 0.717) is 9.87 Å². The van der Waals surface area contributed by atoms with Gasteiger partial charge in [-0.05, 0) is 12.5 Å². The molecule has 1 aliphatic heterocycles. The number of hydrogen-bond donors (Lipinski definition) is 1. The van der Waals surface area contributed by atoms with E-state index in [-0.39, 0.29) is 62.0 Å². The van der Waals surface area contributed by atoms with Crippen LogP contribution in [0.2, 0.25) is 0 Å². The van der Waals surface area contributed by atoms with Crippen molar-refractivity contribution in [3.05, 3.63) is 54.6 Å². The van der Waals surface area contributed by atoms with E-state index in [1.807, 2.05) is 13.8 Å². The number of aliphatic hydroxyl groups is 1. The molecule has 3 rings (SSSR count). The zero-order chi connectivity index (χ0) is 19.6. The number of alkyl halides is 2. The van der Waals surface area contributed by atoms with Crippen molar-refractivity contribution in [3.63, 3.8) is 0 Å². The minimum absolute atomic E-state index is 0. The van der Waals surface area contributed by atoms with Gasteiger partial charge >= 0.3 is 0 Å². The monoisotopic (exact) mass is 489 g/mol. The summed E-state index contributed by atoms with van der Waals surface area (Å²) >= 11 is 0. The van der Waals surface area contributed by atoms with Crippen molar-refractivity contribution in [3.8, 4) is 0 Å². The molecule has 153 valence electrons. The summed E-state index contributed by atoms with van der Waals surface area (Å²) in [5.41, 5.74) is 0.974. The Morgan fingerprint density at radius 3 is 2.29 bits per heavy atom. The molecule has 2 aromatic rings. The summed E-state index contributed by atoms with van der Waals surface area (Å²) in [6.45, 7) is 4.67. The molecule has 0 amide bonds. The minimum atomic E-state index is -4.37. The van der Waals surface area contributed by atoms with Crippen LogP contribution in [0.3, 0.4) is 0 Å². The van der Waals surface area contributed by atoms with Gasteiger partial charge in [0, 0.05) is 45.3 Å². The third kappa shape index (κ3) is 4.63. The van der Waals surface area contributed by atoms with Gasteiger partial charge in [-0.15, -0.1) is 0 Å². The normalized spacial score (nSPS) is 14.5. The molecular formula is C18H24F2N3O3SY-. The van der Waals surface area contributed by atoms with Crippen LogP contribution >= 0.6 is 0 Å². The maximum atomic E-state index is 13.0. The van der Waals surface area contributed by atoms with Crippen molar-refractivity contribution in [1.29, 1.82) is 0 Å². The topological polar surface area (TPSA) is 75.4 Å². The molecule has 10 heteroatoms. The quantitative estimate of drug-likeness (QED) is 0.662. The largest absolute Gasteiger partial charge is 0.506 e. The molecule has 0 atom stereocenters. The summed E-state index contributed by atoms with van der Waals surface area (Å²) in [6, 6.07) is 6.55. The number of nitrogens with zero attached hydrogens (tertiary/aromatic N) is 3. The van der Waals surface area contributed by atoms with Gasteiger partial charge < -0.3 is 12.5 Å². The van der Waals surface area contributed by atoms with E-state index in [0.717, 1.165) is 4.68 Å². The number of anilines is 1. The fourth-order valence-electron chi connectivity index (χ4n) is 2.77. The van der Waals surface area contributed by atoms with Crippen LogP contribution in [0, 0.1) is 14.4 Å². The van der Waals surface area contributed by atoms with Gasteiger partial charge in [0.25, 0.3) is 16.4 Å². The fourth-order valence-corrected chi connectivity index (χ4v) is 4.60. The van der Waals surface area contributed by atoms with Crippen molar-refractivity contribution in [2.75, 3.05) is 10.8 Å². The van der Waals surface area contributed by atoms with Gasteiger partial charge in [0.1, 0.15) is 10.7 Å². The Morgan fingerprint density at radius 2 is 1.75 bits per heavy atom. The van der Waals surface area contributed by atoms with Gasteiger partial charge in [-0.3, -0.25) is 4.68 Å². The summed E-state index contributed by atoms with van der Waals surface area (Å²) in [5, 5.41) is 14.4. The molecule has 0 spiro atoms. The second-order valence-electron chi connectivity index (χ2n) is 5.43. The van der Waals surface area contributed by atoms with Crippen molar-refractivity contribution in [2.45, 2.75) is 27.2 Å². The molecule has 1 radical (unpaired) electrons. The van der Waals surface area contributed by atoms with Gasteiger partial charge in [-0.25, -0.2) is 21.5 Å². The zero-order valence-electron chi connectivity index (χ0n) is 16.5. The number of aliphatic hydroxyl groups excluding tert-OH is 1. The second-order valence-corrected chi connectivity index (χ2v) is 7.22. The molecule has 0 fully saturated rings. The summed E-state index contributed by atoms with van der Waals surface area (Å²) in [6.07, 6.45) is -1.61. The van der Waals surface area contributed by atoms with Crippen molar-refractivity contribution < 1.29 is 55.0 Å². The molecule has 6 nitrogen and oxygen atoms in total. The van der Waals surface area contributed by atoms with Crippen LogP contribution in [0.1, 0.15) is 30.5 Å². The number of halogens is 2. The van der Waals surface area contributed by atoms with E-state index in [9.17, 15) is 22.3 Å². The summed E-state index contributed by atoms with van der Waals surface area (Å²) in [5.74, 6) is -0.567. The van der Waals surface area contributed by atoms with E-state index in [2.05, 4.69) is 5.10 Å². The number of hydrogen-bond acceptors (Lipinski definition) is 4. The smallest absolute Gasteiger partial charge is 0.270 e. The average molecular weight is 489 g/mol. The summed E-state index contributed by atoms with van der Waals surface area (Å²) in [4.78, 5) is -0.387. The zero-order valence-corrected chi connectivity index (χ0v) is 20.2. The van der Waals surface area contributed by atoms with Crippen molar-refractivity contribution in [2.24, 2.45) is 7.05 Å². The van der Waals surface area contributed by atoms with Crippen LogP contribution < -0.4 is 4.31 Å². The molecule has 2 heterocycles. The number of aromatic nitrogens is 2. The van der Waals surface area contributed by atoms with Gasteiger partial charge in [0.2, 0.25) is 0 Å². The van der Waals surface area contributed by atoms with Crippen LogP contribution in [0.5, 0.6) is 0 Å². The van der Waals surface area contributed by atoms with Crippen molar-refractivity contribution in [1.82, 2.24) is 9.78 Å². The first-order valence-corrected chi connectivity index (χ1v) is 9.51. The molecule has 0 unspecified atom stereocenters. The number of fused-ring (bicyclic) bond motifs is 1. The number of sulfonamides is 1. The van der Waals surface area contributed by atoms with Crippen LogP contribution in [0.4, 0.5) is 14.6 Å². The first-order valence-electron chi connectivity index (χ1n) is 8.07. The van der Waals surface area contributed by atoms with Gasteiger partial charge in [-0.1, -0.05) is 38.1 Å². The first-order chi connectivity index (χ1) is 12.2. The van der Waals surface area contributed by atoms with Gasteiger partial charge in [0.15, 0.2) is 5.82 Å². The van der Waals surface area contributed by atoms with Gasteiger partial charge in [-0.2, -0.15) is 5.10 Å². The van der Waals surface area contributed by atoms with Crippen LogP contribution in [0.25, 0.3) is 10.7 Å². The molecule has 1 aliphatic rings. The third-order valence-corrected chi connectivity index (χ3v) is 5.69. The third-order valence-electron chi connectivity index (χ3n) is 3.86. The maximum absolute atomic E-state index is 13.0. The van der Waals surface area contributed by atoms with Gasteiger partial charge in [0.05, 0.1) is 18.3 Å². The van der Waals surface area contributed by atoms with E-state index >= 15 is 0 Å². The Kier molecular flexibility index (Phi) is 9.97. The standard InChI is InChI=1S/C15H15F2N3O3S.C2H6.CH3.Y/c1-9-5-3-4-6-10(9)14-13(21)11-7-18-19(2)15(11)20(8-12(16)17)24(14,22)23;1-2;;/h3-7,12,21H,8H2,1-2H3;1-2H3;1H3;/q;;-1;. The Bertz CT molecular complexity index is 943. The Labute approximate surface area is 190 Å². The first kappa shape index (κ1) is 26.7. The summed E-state index contributed by atoms with van der Waals surface area (Å²) < 4.78 is 53.6. The van der Waals surface area contributed by atoms with Crippen molar-refractivity contribution >= 4 is 26.5 Å². The molecule has 1 aromatic carbocycles. The predicted octanol–water partition coefficient (Wildman–Crippen LogP) is 4.00. The summed E-state index contributed by atoms with van der Waals surface area (Å²) in [7, 11) is -2.94. The molecule has 1 aromatic heterocycles. The molecule has 0 saturated heterocycles. The van der Waals surface area contributed by atoms with E-state index in [1.54, 1.807) is 25.1 Å². The Balaban J connectivity index is 0.00000177. The number of benzene rings is 1. The molecule has 0 bridgehead atoms. The molecule has 28 heavy (non-hydrogen) atoms. The Hall–Kier alpha value is -1.32. The van der Waals surface area contributed by atoms with E-state index < -0.39 is 28.8 Å². The fraction of sp³-hybridized carbons (Fsp3) is 0.333. The van der Waals surface area contributed by atoms with E-state index in [4.69, 9.17) is 0 Å². The molecule has 0 aliphatic carbocycles. The van der Waals surface area contributed by atoms with Crippen LogP contribution in [0.15, 0.2) is 30.5 Å².